The van der Waals surface area contributed by atoms with E-state index in [9.17, 15) is 9.59 Å². The maximum atomic E-state index is 13.0. The van der Waals surface area contributed by atoms with E-state index in [1.807, 2.05) is 0 Å². The Morgan fingerprint density at radius 2 is 1.69 bits per heavy atom. The number of benzene rings is 2. The molecule has 9 heteroatoms. The number of carbonyl (C=O) groups is 1. The Morgan fingerprint density at radius 1 is 0.938 bits per heavy atom. The van der Waals surface area contributed by atoms with Crippen LogP contribution in [0.3, 0.4) is 0 Å². The summed E-state index contributed by atoms with van der Waals surface area (Å²) in [4.78, 5) is 29.1. The van der Waals surface area contributed by atoms with Crippen molar-refractivity contribution in [3.05, 3.63) is 75.5 Å². The van der Waals surface area contributed by atoms with Crippen LogP contribution >= 0.6 is 11.6 Å². The SMILES string of the molecule is COc1ccc(C(=O)N2CCN(c3ccc(=O)n(-c4cccc(Cl)c4)n3)CC2)cc1OC. The van der Waals surface area contributed by atoms with E-state index in [4.69, 9.17) is 21.1 Å². The molecule has 2 heterocycles. The molecule has 0 spiro atoms. The van der Waals surface area contributed by atoms with E-state index in [0.717, 1.165) is 0 Å². The van der Waals surface area contributed by atoms with Crippen molar-refractivity contribution in [1.82, 2.24) is 14.7 Å². The van der Waals surface area contributed by atoms with Crippen LogP contribution in [0.2, 0.25) is 5.02 Å². The summed E-state index contributed by atoms with van der Waals surface area (Å²) < 4.78 is 11.9. The van der Waals surface area contributed by atoms with Gasteiger partial charge in [-0.15, -0.1) is 5.10 Å². The Bertz CT molecular complexity index is 1190. The molecular formula is C23H23ClN4O4. The second kappa shape index (κ2) is 9.32. The van der Waals surface area contributed by atoms with Gasteiger partial charge in [0.1, 0.15) is 5.82 Å². The molecule has 1 fully saturated rings. The summed E-state index contributed by atoms with van der Waals surface area (Å²) >= 11 is 6.06. The minimum Gasteiger partial charge on any atom is -0.493 e. The van der Waals surface area contributed by atoms with Crippen molar-refractivity contribution in [2.75, 3.05) is 45.3 Å². The predicted molar refractivity (Wildman–Crippen MR) is 123 cm³/mol. The lowest BCUT2D eigenvalue weighted by molar-refractivity contribution is 0.0746. The van der Waals surface area contributed by atoms with Gasteiger partial charge in [0, 0.05) is 42.8 Å². The molecule has 1 aliphatic rings. The van der Waals surface area contributed by atoms with Gasteiger partial charge < -0.3 is 19.3 Å². The molecule has 0 unspecified atom stereocenters. The van der Waals surface area contributed by atoms with Gasteiger partial charge >= 0.3 is 0 Å². The van der Waals surface area contributed by atoms with Gasteiger partial charge in [0.25, 0.3) is 11.5 Å². The number of hydrogen-bond acceptors (Lipinski definition) is 6. The Labute approximate surface area is 190 Å². The lowest BCUT2D eigenvalue weighted by Gasteiger charge is -2.35. The second-order valence-corrected chi connectivity index (χ2v) is 7.71. The van der Waals surface area contributed by atoms with E-state index < -0.39 is 0 Å². The molecule has 166 valence electrons. The molecule has 32 heavy (non-hydrogen) atoms. The van der Waals surface area contributed by atoms with E-state index in [0.29, 0.717) is 59.8 Å². The van der Waals surface area contributed by atoms with Crippen LogP contribution < -0.4 is 19.9 Å². The molecule has 4 rings (SSSR count). The Kier molecular flexibility index (Phi) is 6.32. The number of anilines is 1. The van der Waals surface area contributed by atoms with Crippen LogP contribution in [0.4, 0.5) is 5.82 Å². The number of nitrogens with zero attached hydrogens (tertiary/aromatic N) is 4. The van der Waals surface area contributed by atoms with Crippen molar-refractivity contribution in [1.29, 1.82) is 0 Å². The quantitative estimate of drug-likeness (QED) is 0.590. The van der Waals surface area contributed by atoms with Crippen LogP contribution in [-0.2, 0) is 0 Å². The first-order valence-corrected chi connectivity index (χ1v) is 10.5. The van der Waals surface area contributed by atoms with Crippen molar-refractivity contribution in [3.8, 4) is 17.2 Å². The normalized spacial score (nSPS) is 13.7. The number of amides is 1. The fraction of sp³-hybridized carbons (Fsp3) is 0.261. The van der Waals surface area contributed by atoms with Gasteiger partial charge in [-0.3, -0.25) is 9.59 Å². The molecule has 1 aromatic heterocycles. The van der Waals surface area contributed by atoms with Gasteiger partial charge in [-0.2, -0.15) is 4.68 Å². The Balaban J connectivity index is 1.48. The number of carbonyl (C=O) groups excluding carboxylic acids is 1. The predicted octanol–water partition coefficient (Wildman–Crippen LogP) is 2.87. The topological polar surface area (TPSA) is 76.9 Å². The highest BCUT2D eigenvalue weighted by Crippen LogP contribution is 2.28. The van der Waals surface area contributed by atoms with Gasteiger partial charge in [0.2, 0.25) is 0 Å². The average Bonchev–Trinajstić information content (AvgIpc) is 2.83. The molecule has 0 bridgehead atoms. The van der Waals surface area contributed by atoms with Crippen molar-refractivity contribution >= 4 is 23.3 Å². The van der Waals surface area contributed by atoms with E-state index in [1.54, 1.807) is 67.7 Å². The van der Waals surface area contributed by atoms with Crippen LogP contribution in [0.15, 0.2) is 59.4 Å². The van der Waals surface area contributed by atoms with Gasteiger partial charge in [-0.25, -0.2) is 0 Å². The van der Waals surface area contributed by atoms with Crippen molar-refractivity contribution in [3.63, 3.8) is 0 Å². The summed E-state index contributed by atoms with van der Waals surface area (Å²) in [5, 5.41) is 5.05. The van der Waals surface area contributed by atoms with Crippen molar-refractivity contribution < 1.29 is 14.3 Å². The molecule has 1 amide bonds. The van der Waals surface area contributed by atoms with Crippen molar-refractivity contribution in [2.45, 2.75) is 0 Å². The fourth-order valence-corrected chi connectivity index (χ4v) is 3.84. The van der Waals surface area contributed by atoms with Gasteiger partial charge in [0.15, 0.2) is 11.5 Å². The minimum atomic E-state index is -0.238. The van der Waals surface area contributed by atoms with E-state index >= 15 is 0 Å². The summed E-state index contributed by atoms with van der Waals surface area (Å²) in [6, 6.07) is 15.3. The zero-order chi connectivity index (χ0) is 22.7. The number of ether oxygens (including phenoxy) is 2. The zero-order valence-corrected chi connectivity index (χ0v) is 18.6. The third-order valence-corrected chi connectivity index (χ3v) is 5.60. The number of aromatic nitrogens is 2. The van der Waals surface area contributed by atoms with Crippen LogP contribution in [-0.4, -0.2) is 61.0 Å². The van der Waals surface area contributed by atoms with E-state index in [-0.39, 0.29) is 11.5 Å². The summed E-state index contributed by atoms with van der Waals surface area (Å²) in [5.74, 6) is 1.70. The molecule has 8 nitrogen and oxygen atoms in total. The van der Waals surface area contributed by atoms with Crippen molar-refractivity contribution in [2.24, 2.45) is 0 Å². The first-order valence-electron chi connectivity index (χ1n) is 10.1. The molecule has 1 aliphatic heterocycles. The molecule has 0 aliphatic carbocycles. The molecule has 3 aromatic rings. The molecule has 0 N–H and O–H groups in total. The molecule has 0 atom stereocenters. The number of hydrogen-bond donors (Lipinski definition) is 0. The average molecular weight is 455 g/mol. The van der Waals surface area contributed by atoms with Crippen LogP contribution in [0.25, 0.3) is 5.69 Å². The third kappa shape index (κ3) is 4.40. The standard InChI is InChI=1S/C23H23ClN4O4/c1-31-19-7-6-16(14-20(19)32-2)23(30)27-12-10-26(11-13-27)21-8-9-22(29)28(25-21)18-5-3-4-17(24)15-18/h3-9,14-15H,10-13H2,1-2H3. The highest BCUT2D eigenvalue weighted by molar-refractivity contribution is 6.30. The summed E-state index contributed by atoms with van der Waals surface area (Å²) in [6.45, 7) is 2.26. The Hall–Kier alpha value is -3.52. The summed E-state index contributed by atoms with van der Waals surface area (Å²) in [5.41, 5.74) is 0.911. The fourth-order valence-electron chi connectivity index (χ4n) is 3.65. The largest absolute Gasteiger partial charge is 0.493 e. The highest BCUT2D eigenvalue weighted by Gasteiger charge is 2.24. The summed E-state index contributed by atoms with van der Waals surface area (Å²) in [7, 11) is 3.10. The minimum absolute atomic E-state index is 0.0672. The molecule has 2 aromatic carbocycles. The lowest BCUT2D eigenvalue weighted by atomic mass is 10.1. The molecule has 1 saturated heterocycles. The zero-order valence-electron chi connectivity index (χ0n) is 17.8. The first-order chi connectivity index (χ1) is 15.5. The van der Waals surface area contributed by atoms with Gasteiger partial charge in [0.05, 0.1) is 19.9 Å². The van der Waals surface area contributed by atoms with E-state index in [1.165, 1.54) is 10.7 Å². The van der Waals surface area contributed by atoms with Gasteiger partial charge in [-0.05, 0) is 42.5 Å². The number of halogens is 1. The third-order valence-electron chi connectivity index (χ3n) is 5.36. The molecular weight excluding hydrogens is 432 g/mol. The molecule has 0 radical (unpaired) electrons. The number of piperazine rings is 1. The number of rotatable bonds is 5. The van der Waals surface area contributed by atoms with Crippen LogP contribution in [0.1, 0.15) is 10.4 Å². The number of methoxy groups -OCH3 is 2. The highest BCUT2D eigenvalue weighted by atomic mass is 35.5. The van der Waals surface area contributed by atoms with E-state index in [2.05, 4.69) is 10.00 Å². The van der Waals surface area contributed by atoms with Crippen LogP contribution in [0, 0.1) is 0 Å². The lowest BCUT2D eigenvalue weighted by Crippen LogP contribution is -2.49. The smallest absolute Gasteiger partial charge is 0.271 e. The first kappa shape index (κ1) is 21.7. The van der Waals surface area contributed by atoms with Gasteiger partial charge in [-0.1, -0.05) is 17.7 Å². The monoisotopic (exact) mass is 454 g/mol. The molecule has 0 saturated carbocycles. The second-order valence-electron chi connectivity index (χ2n) is 7.27. The van der Waals surface area contributed by atoms with Crippen LogP contribution in [0.5, 0.6) is 11.5 Å². The summed E-state index contributed by atoms with van der Waals surface area (Å²) in [6.07, 6.45) is 0. The maximum Gasteiger partial charge on any atom is 0.271 e. The maximum absolute atomic E-state index is 13.0. The Morgan fingerprint density at radius 3 is 2.38 bits per heavy atom.